The number of methoxy groups -OCH3 is 2. The Morgan fingerprint density at radius 3 is 2.32 bits per heavy atom. The number of ether oxygens (including phenoxy) is 2. The lowest BCUT2D eigenvalue weighted by molar-refractivity contribution is -0.167. The standard InChI is InChI=1S/C22H31N3O6/c1-15(19(27)30-3)24-21(29)22(13-16-9-6-5-7-10-16)14-18(26)25(22)12-8-11-17(23-2)20(28)31-4/h5-7,9-10,15,17,23H,8,11-14H2,1-4H3,(H,24,29)/t15-,17-,22?/m0/s1. The molecule has 1 heterocycles. The van der Waals surface area contributed by atoms with Crippen LogP contribution in [0.25, 0.3) is 0 Å². The summed E-state index contributed by atoms with van der Waals surface area (Å²) in [5.74, 6) is -1.48. The molecule has 1 unspecified atom stereocenters. The van der Waals surface area contributed by atoms with Crippen molar-refractivity contribution in [3.05, 3.63) is 35.9 Å². The van der Waals surface area contributed by atoms with Crippen molar-refractivity contribution in [2.45, 2.75) is 50.2 Å². The number of hydrogen-bond acceptors (Lipinski definition) is 7. The fourth-order valence-electron chi connectivity index (χ4n) is 3.84. The molecule has 0 aromatic heterocycles. The first-order valence-electron chi connectivity index (χ1n) is 10.3. The highest BCUT2D eigenvalue weighted by atomic mass is 16.5. The number of nitrogens with one attached hydrogen (secondary N) is 2. The van der Waals surface area contributed by atoms with E-state index in [0.717, 1.165) is 5.56 Å². The zero-order chi connectivity index (χ0) is 23.0. The molecular weight excluding hydrogens is 402 g/mol. The molecular formula is C22H31N3O6. The van der Waals surface area contributed by atoms with E-state index in [-0.39, 0.29) is 18.3 Å². The highest BCUT2D eigenvalue weighted by molar-refractivity contribution is 6.02. The first kappa shape index (κ1) is 24.3. The molecule has 31 heavy (non-hydrogen) atoms. The second kappa shape index (κ2) is 10.9. The SMILES string of the molecule is CN[C@@H](CCCN1C(=O)CC1(Cc1ccccc1)C(=O)N[C@@H](C)C(=O)OC)C(=O)OC. The lowest BCUT2D eigenvalue weighted by Crippen LogP contribution is -2.72. The zero-order valence-corrected chi connectivity index (χ0v) is 18.5. The van der Waals surface area contributed by atoms with E-state index in [1.807, 2.05) is 30.3 Å². The number of carbonyl (C=O) groups excluding carboxylic acids is 4. The Morgan fingerprint density at radius 1 is 1.13 bits per heavy atom. The summed E-state index contributed by atoms with van der Waals surface area (Å²) in [6.45, 7) is 1.85. The van der Waals surface area contributed by atoms with Crippen molar-refractivity contribution in [1.82, 2.24) is 15.5 Å². The second-order valence-electron chi connectivity index (χ2n) is 7.64. The van der Waals surface area contributed by atoms with Gasteiger partial charge in [-0.1, -0.05) is 30.3 Å². The highest BCUT2D eigenvalue weighted by Crippen LogP contribution is 2.36. The van der Waals surface area contributed by atoms with Crippen LogP contribution in [0.4, 0.5) is 0 Å². The van der Waals surface area contributed by atoms with E-state index in [4.69, 9.17) is 9.47 Å². The number of nitrogens with zero attached hydrogens (tertiary/aromatic N) is 1. The molecule has 1 fully saturated rings. The lowest BCUT2D eigenvalue weighted by atomic mass is 9.77. The monoisotopic (exact) mass is 433 g/mol. The minimum Gasteiger partial charge on any atom is -0.468 e. The molecule has 0 aliphatic carbocycles. The van der Waals surface area contributed by atoms with Crippen molar-refractivity contribution in [3.63, 3.8) is 0 Å². The zero-order valence-electron chi connectivity index (χ0n) is 18.5. The van der Waals surface area contributed by atoms with E-state index < -0.39 is 29.5 Å². The van der Waals surface area contributed by atoms with Crippen LogP contribution in [0.2, 0.25) is 0 Å². The van der Waals surface area contributed by atoms with Gasteiger partial charge >= 0.3 is 11.9 Å². The highest BCUT2D eigenvalue weighted by Gasteiger charge is 2.56. The predicted octanol–water partition coefficient (Wildman–Crippen LogP) is 0.419. The molecule has 9 heteroatoms. The molecule has 1 aromatic carbocycles. The Morgan fingerprint density at radius 2 is 1.77 bits per heavy atom. The lowest BCUT2D eigenvalue weighted by Gasteiger charge is -2.51. The molecule has 0 spiro atoms. The summed E-state index contributed by atoms with van der Waals surface area (Å²) in [6.07, 6.45) is 1.33. The number of hydrogen-bond donors (Lipinski definition) is 2. The third kappa shape index (κ3) is 5.61. The van der Waals surface area contributed by atoms with Crippen LogP contribution >= 0.6 is 0 Å². The maximum absolute atomic E-state index is 13.2. The molecule has 0 saturated carbocycles. The quantitative estimate of drug-likeness (QED) is 0.384. The van der Waals surface area contributed by atoms with Crippen molar-refractivity contribution < 1.29 is 28.7 Å². The molecule has 2 amide bonds. The maximum Gasteiger partial charge on any atom is 0.328 e. The van der Waals surface area contributed by atoms with E-state index in [2.05, 4.69) is 10.6 Å². The second-order valence-corrected chi connectivity index (χ2v) is 7.64. The Bertz CT molecular complexity index is 800. The minimum atomic E-state index is -1.10. The molecule has 9 nitrogen and oxygen atoms in total. The molecule has 0 bridgehead atoms. The van der Waals surface area contributed by atoms with Crippen LogP contribution in [0.1, 0.15) is 31.7 Å². The number of β-lactam (4-membered cyclic amide) rings is 1. The first-order chi connectivity index (χ1) is 14.8. The average Bonchev–Trinajstić information content (AvgIpc) is 2.77. The van der Waals surface area contributed by atoms with Gasteiger partial charge in [0.05, 0.1) is 20.6 Å². The van der Waals surface area contributed by atoms with E-state index in [9.17, 15) is 19.2 Å². The largest absolute Gasteiger partial charge is 0.468 e. The normalized spacial score (nSPS) is 19.7. The van der Waals surface area contributed by atoms with E-state index in [1.165, 1.54) is 14.2 Å². The van der Waals surface area contributed by atoms with Gasteiger partial charge in [0.2, 0.25) is 11.8 Å². The van der Waals surface area contributed by atoms with Crippen molar-refractivity contribution in [3.8, 4) is 0 Å². The van der Waals surface area contributed by atoms with E-state index in [1.54, 1.807) is 18.9 Å². The van der Waals surface area contributed by atoms with Gasteiger partial charge in [-0.25, -0.2) is 4.79 Å². The predicted molar refractivity (Wildman–Crippen MR) is 113 cm³/mol. The fourth-order valence-corrected chi connectivity index (χ4v) is 3.84. The van der Waals surface area contributed by atoms with Crippen LogP contribution < -0.4 is 10.6 Å². The third-order valence-electron chi connectivity index (χ3n) is 5.63. The number of esters is 2. The summed E-state index contributed by atoms with van der Waals surface area (Å²) < 4.78 is 9.46. The van der Waals surface area contributed by atoms with Crippen LogP contribution in [0.15, 0.2) is 30.3 Å². The van der Waals surface area contributed by atoms with Gasteiger partial charge in [0.25, 0.3) is 0 Å². The number of rotatable bonds is 11. The Labute approximate surface area is 182 Å². The smallest absolute Gasteiger partial charge is 0.328 e. The average molecular weight is 434 g/mol. The number of likely N-dealkylation sites (N-methyl/N-ethyl adjacent to an activating group) is 1. The van der Waals surface area contributed by atoms with Crippen LogP contribution in [-0.2, 0) is 35.1 Å². The Kier molecular flexibility index (Phi) is 8.56. The molecule has 2 N–H and O–H groups in total. The van der Waals surface area contributed by atoms with E-state index >= 15 is 0 Å². The van der Waals surface area contributed by atoms with Gasteiger partial charge in [0, 0.05) is 13.0 Å². The number of amides is 2. The molecule has 1 aromatic rings. The summed E-state index contributed by atoms with van der Waals surface area (Å²) in [6, 6.07) is 8.09. The van der Waals surface area contributed by atoms with Crippen LogP contribution in [0.3, 0.4) is 0 Å². The van der Waals surface area contributed by atoms with Gasteiger partial charge in [-0.3, -0.25) is 14.4 Å². The maximum atomic E-state index is 13.2. The minimum absolute atomic E-state index is 0.0497. The molecule has 2 rings (SSSR count). The Hall–Kier alpha value is -2.94. The van der Waals surface area contributed by atoms with E-state index in [0.29, 0.717) is 25.8 Å². The van der Waals surface area contributed by atoms with Gasteiger partial charge in [-0.15, -0.1) is 0 Å². The van der Waals surface area contributed by atoms with Crippen molar-refractivity contribution >= 4 is 23.8 Å². The van der Waals surface area contributed by atoms with Gasteiger partial charge in [-0.05, 0) is 32.4 Å². The van der Waals surface area contributed by atoms with Crippen molar-refractivity contribution in [2.24, 2.45) is 0 Å². The first-order valence-corrected chi connectivity index (χ1v) is 10.3. The topological polar surface area (TPSA) is 114 Å². The van der Waals surface area contributed by atoms with Gasteiger partial charge in [-0.2, -0.15) is 0 Å². The molecule has 1 aliphatic heterocycles. The number of likely N-dealkylation sites (tertiary alicyclic amines) is 1. The van der Waals surface area contributed by atoms with Crippen LogP contribution in [-0.4, -0.2) is 74.1 Å². The van der Waals surface area contributed by atoms with Crippen molar-refractivity contribution in [2.75, 3.05) is 27.8 Å². The van der Waals surface area contributed by atoms with Gasteiger partial charge < -0.3 is 25.0 Å². The summed E-state index contributed by atoms with van der Waals surface area (Å²) in [5, 5.41) is 5.58. The molecule has 3 atom stereocenters. The molecule has 170 valence electrons. The Balaban J connectivity index is 2.18. The summed E-state index contributed by atoms with van der Waals surface area (Å²) >= 11 is 0. The van der Waals surface area contributed by atoms with Crippen molar-refractivity contribution in [1.29, 1.82) is 0 Å². The summed E-state index contributed by atoms with van der Waals surface area (Å²) in [5.41, 5.74) is -0.190. The van der Waals surface area contributed by atoms with Crippen LogP contribution in [0.5, 0.6) is 0 Å². The van der Waals surface area contributed by atoms with Gasteiger partial charge in [0.15, 0.2) is 0 Å². The number of carbonyl (C=O) groups is 4. The third-order valence-corrected chi connectivity index (χ3v) is 5.63. The molecule has 1 saturated heterocycles. The van der Waals surface area contributed by atoms with Crippen LogP contribution in [0, 0.1) is 0 Å². The summed E-state index contributed by atoms with van der Waals surface area (Å²) in [7, 11) is 4.24. The summed E-state index contributed by atoms with van der Waals surface area (Å²) in [4.78, 5) is 50.9. The number of benzene rings is 1. The molecule has 0 radical (unpaired) electrons. The van der Waals surface area contributed by atoms with Gasteiger partial charge in [0.1, 0.15) is 17.6 Å². The molecule has 1 aliphatic rings. The fraction of sp³-hybridized carbons (Fsp3) is 0.545.